The number of carbonyl (C=O) groups excluding carboxylic acids is 2. The standard InChI is InChI=1S/C30H26F5N5O2/c31-19-6-3-5-17(13-19)14-24(27-20(8-4-12-37-27)18-10-11-23(32)22(15-18)29(36)42)38-26(41)16-40-25-9-2-1-7-21(25)28(39-40)30(33,34)35/h3-6,8,10-13,15,24H,1-2,7,9,14,16H2,(H2,36,42)(H,38,41). The minimum Gasteiger partial charge on any atom is -0.366 e. The van der Waals surface area contributed by atoms with Crippen molar-refractivity contribution in [2.75, 3.05) is 0 Å². The van der Waals surface area contributed by atoms with Crippen LogP contribution in [0.5, 0.6) is 0 Å². The van der Waals surface area contributed by atoms with Crippen molar-refractivity contribution in [3.8, 4) is 11.1 Å². The van der Waals surface area contributed by atoms with Gasteiger partial charge in [-0.3, -0.25) is 19.3 Å². The lowest BCUT2D eigenvalue weighted by Crippen LogP contribution is -2.34. The van der Waals surface area contributed by atoms with Crippen LogP contribution in [-0.2, 0) is 36.8 Å². The number of halogens is 5. The van der Waals surface area contributed by atoms with Gasteiger partial charge in [-0.1, -0.05) is 24.3 Å². The number of fused-ring (bicyclic) bond motifs is 1. The molecule has 1 unspecified atom stereocenters. The highest BCUT2D eigenvalue weighted by molar-refractivity contribution is 5.94. The molecule has 2 amide bonds. The number of benzene rings is 2. The molecule has 0 saturated heterocycles. The summed E-state index contributed by atoms with van der Waals surface area (Å²) < 4.78 is 70.4. The predicted molar refractivity (Wildman–Crippen MR) is 143 cm³/mol. The number of nitrogens with two attached hydrogens (primary N) is 1. The molecule has 5 rings (SSSR count). The first-order chi connectivity index (χ1) is 20.0. The molecule has 1 aliphatic rings. The van der Waals surface area contributed by atoms with E-state index in [2.05, 4.69) is 15.4 Å². The lowest BCUT2D eigenvalue weighted by molar-refractivity contribution is -0.142. The van der Waals surface area contributed by atoms with Crippen molar-refractivity contribution in [3.63, 3.8) is 0 Å². The normalized spacial score (nSPS) is 13.8. The molecule has 7 nitrogen and oxygen atoms in total. The van der Waals surface area contributed by atoms with Gasteiger partial charge in [-0.15, -0.1) is 0 Å². The van der Waals surface area contributed by atoms with E-state index in [4.69, 9.17) is 5.73 Å². The molecule has 4 aromatic rings. The maximum absolute atomic E-state index is 14.2. The number of primary amides is 1. The molecule has 1 aliphatic carbocycles. The predicted octanol–water partition coefficient (Wildman–Crippen LogP) is 5.32. The summed E-state index contributed by atoms with van der Waals surface area (Å²) in [7, 11) is 0. The molecule has 218 valence electrons. The maximum atomic E-state index is 14.2. The topological polar surface area (TPSA) is 103 Å². The van der Waals surface area contributed by atoms with Crippen LogP contribution in [0.2, 0.25) is 0 Å². The van der Waals surface area contributed by atoms with Crippen molar-refractivity contribution in [3.05, 3.63) is 106 Å². The summed E-state index contributed by atoms with van der Waals surface area (Å²) in [4.78, 5) is 29.6. The van der Waals surface area contributed by atoms with Gasteiger partial charge >= 0.3 is 6.18 Å². The molecule has 42 heavy (non-hydrogen) atoms. The molecule has 0 fully saturated rings. The molecule has 2 heterocycles. The van der Waals surface area contributed by atoms with Crippen molar-refractivity contribution >= 4 is 11.8 Å². The molecule has 12 heteroatoms. The van der Waals surface area contributed by atoms with Gasteiger partial charge in [0.25, 0.3) is 5.91 Å². The van der Waals surface area contributed by atoms with Crippen LogP contribution in [0, 0.1) is 11.6 Å². The van der Waals surface area contributed by atoms with Crippen LogP contribution in [0.15, 0.2) is 60.8 Å². The van der Waals surface area contributed by atoms with E-state index in [1.807, 2.05) is 0 Å². The number of carbonyl (C=O) groups is 2. The highest BCUT2D eigenvalue weighted by atomic mass is 19.4. The zero-order valence-electron chi connectivity index (χ0n) is 22.2. The average Bonchev–Trinajstić information content (AvgIpc) is 3.32. The van der Waals surface area contributed by atoms with Crippen LogP contribution in [0.4, 0.5) is 22.0 Å². The van der Waals surface area contributed by atoms with Crippen molar-refractivity contribution in [2.45, 2.75) is 50.9 Å². The second-order valence-electron chi connectivity index (χ2n) is 10.1. The molecule has 0 radical (unpaired) electrons. The number of rotatable bonds is 8. The van der Waals surface area contributed by atoms with E-state index >= 15 is 0 Å². The van der Waals surface area contributed by atoms with E-state index in [0.717, 1.165) is 10.7 Å². The fraction of sp³-hybridized carbons (Fsp3) is 0.267. The number of aromatic nitrogens is 3. The molecule has 0 bridgehead atoms. The Labute approximate surface area is 237 Å². The largest absolute Gasteiger partial charge is 0.435 e. The monoisotopic (exact) mass is 583 g/mol. The number of hydrogen-bond acceptors (Lipinski definition) is 4. The van der Waals surface area contributed by atoms with Crippen LogP contribution >= 0.6 is 0 Å². The third kappa shape index (κ3) is 6.17. The number of alkyl halides is 3. The van der Waals surface area contributed by atoms with Gasteiger partial charge in [0.1, 0.15) is 18.2 Å². The van der Waals surface area contributed by atoms with Crippen molar-refractivity contribution in [2.24, 2.45) is 5.73 Å². The smallest absolute Gasteiger partial charge is 0.366 e. The summed E-state index contributed by atoms with van der Waals surface area (Å²) in [5, 5.41) is 6.60. The summed E-state index contributed by atoms with van der Waals surface area (Å²) in [6, 6.07) is 11.9. The van der Waals surface area contributed by atoms with E-state index < -0.39 is 47.9 Å². The SMILES string of the molecule is NC(=O)c1cc(-c2cccnc2C(Cc2cccc(F)c2)NC(=O)Cn2nc(C(F)(F)F)c3c2CCCC3)ccc1F. The fourth-order valence-corrected chi connectivity index (χ4v) is 5.34. The first kappa shape index (κ1) is 28.9. The number of nitrogens with one attached hydrogen (secondary N) is 1. The summed E-state index contributed by atoms with van der Waals surface area (Å²) in [5.74, 6) is -2.90. The highest BCUT2D eigenvalue weighted by Gasteiger charge is 2.39. The van der Waals surface area contributed by atoms with E-state index in [1.165, 1.54) is 36.5 Å². The van der Waals surface area contributed by atoms with Crippen molar-refractivity contribution < 1.29 is 31.5 Å². The molecule has 3 N–H and O–H groups in total. The molecular weight excluding hydrogens is 557 g/mol. The first-order valence-corrected chi connectivity index (χ1v) is 13.3. The zero-order chi connectivity index (χ0) is 30.0. The number of nitrogens with zero attached hydrogens (tertiary/aromatic N) is 3. The lowest BCUT2D eigenvalue weighted by Gasteiger charge is -2.22. The van der Waals surface area contributed by atoms with Crippen LogP contribution in [-0.4, -0.2) is 26.6 Å². The lowest BCUT2D eigenvalue weighted by atomic mass is 9.94. The Morgan fingerprint density at radius 3 is 2.55 bits per heavy atom. The minimum absolute atomic E-state index is 0.0718. The Kier molecular flexibility index (Phi) is 8.06. The molecule has 2 aromatic heterocycles. The van der Waals surface area contributed by atoms with Gasteiger partial charge in [0.05, 0.1) is 17.3 Å². The van der Waals surface area contributed by atoms with E-state index in [1.54, 1.807) is 18.2 Å². The first-order valence-electron chi connectivity index (χ1n) is 13.3. The summed E-state index contributed by atoms with van der Waals surface area (Å²) in [5.41, 5.74) is 6.18. The van der Waals surface area contributed by atoms with E-state index in [-0.39, 0.29) is 24.0 Å². The van der Waals surface area contributed by atoms with Gasteiger partial charge in [0, 0.05) is 23.0 Å². The van der Waals surface area contributed by atoms with E-state index in [9.17, 15) is 31.5 Å². The Hall–Kier alpha value is -4.61. The van der Waals surface area contributed by atoms with Gasteiger partial charge in [-0.05, 0) is 73.6 Å². The summed E-state index contributed by atoms with van der Waals surface area (Å²) in [6.45, 7) is -0.470. The van der Waals surface area contributed by atoms with Crippen LogP contribution in [0.3, 0.4) is 0 Å². The van der Waals surface area contributed by atoms with Gasteiger partial charge in [-0.25, -0.2) is 8.78 Å². The third-order valence-corrected chi connectivity index (χ3v) is 7.19. The second kappa shape index (κ2) is 11.7. The molecular formula is C30H26F5N5O2. The van der Waals surface area contributed by atoms with Crippen molar-refractivity contribution in [1.82, 2.24) is 20.1 Å². The van der Waals surface area contributed by atoms with Crippen LogP contribution < -0.4 is 11.1 Å². The molecule has 0 spiro atoms. The van der Waals surface area contributed by atoms with Crippen molar-refractivity contribution in [1.29, 1.82) is 0 Å². The van der Waals surface area contributed by atoms with Gasteiger partial charge in [0.2, 0.25) is 5.91 Å². The second-order valence-corrected chi connectivity index (χ2v) is 10.1. The summed E-state index contributed by atoms with van der Waals surface area (Å²) >= 11 is 0. The third-order valence-electron chi connectivity index (χ3n) is 7.19. The van der Waals surface area contributed by atoms with Crippen LogP contribution in [0.1, 0.15) is 57.5 Å². The Bertz CT molecular complexity index is 1650. The highest BCUT2D eigenvalue weighted by Crippen LogP contribution is 2.36. The average molecular weight is 584 g/mol. The van der Waals surface area contributed by atoms with Gasteiger partial charge in [0.15, 0.2) is 5.69 Å². The Morgan fingerprint density at radius 1 is 1.02 bits per heavy atom. The van der Waals surface area contributed by atoms with E-state index in [0.29, 0.717) is 47.3 Å². The molecule has 0 aliphatic heterocycles. The Balaban J connectivity index is 1.51. The summed E-state index contributed by atoms with van der Waals surface area (Å²) in [6.07, 6.45) is -1.21. The molecule has 0 saturated carbocycles. The maximum Gasteiger partial charge on any atom is 0.435 e. The number of hydrogen-bond donors (Lipinski definition) is 2. The quantitative estimate of drug-likeness (QED) is 0.274. The minimum atomic E-state index is -4.65. The number of pyridine rings is 1. The van der Waals surface area contributed by atoms with Crippen LogP contribution in [0.25, 0.3) is 11.1 Å². The Morgan fingerprint density at radius 2 is 1.81 bits per heavy atom. The van der Waals surface area contributed by atoms with Gasteiger partial charge in [-0.2, -0.15) is 18.3 Å². The zero-order valence-corrected chi connectivity index (χ0v) is 22.2. The molecule has 2 aromatic carbocycles. The molecule has 1 atom stereocenters. The fourth-order valence-electron chi connectivity index (χ4n) is 5.34. The number of amides is 2. The van der Waals surface area contributed by atoms with Gasteiger partial charge < -0.3 is 11.1 Å².